The van der Waals surface area contributed by atoms with Gasteiger partial charge in [0.1, 0.15) is 0 Å². The minimum absolute atomic E-state index is 0.0423. The van der Waals surface area contributed by atoms with Crippen molar-refractivity contribution in [3.05, 3.63) is 53.9 Å². The lowest BCUT2D eigenvalue weighted by Gasteiger charge is -2.11. The van der Waals surface area contributed by atoms with Gasteiger partial charge in [-0.25, -0.2) is 0 Å². The average Bonchev–Trinajstić information content (AvgIpc) is 3.25. The molecule has 24 heavy (non-hydrogen) atoms. The fraction of sp³-hybridized carbons (Fsp3) is 0.389. The van der Waals surface area contributed by atoms with Crippen molar-refractivity contribution in [2.75, 3.05) is 0 Å². The molecule has 0 aliphatic heterocycles. The van der Waals surface area contributed by atoms with Gasteiger partial charge in [-0.15, -0.1) is 0 Å². The Hall–Kier alpha value is -2.63. The van der Waals surface area contributed by atoms with Gasteiger partial charge in [-0.3, -0.25) is 14.3 Å². The number of carbonyl (C=O) groups is 2. The topological polar surface area (TPSA) is 84.2 Å². The van der Waals surface area contributed by atoms with Gasteiger partial charge in [0.2, 0.25) is 5.91 Å². The summed E-state index contributed by atoms with van der Waals surface area (Å²) in [5, 5.41) is 16.1. The molecule has 0 spiro atoms. The summed E-state index contributed by atoms with van der Waals surface area (Å²) >= 11 is 0. The average molecular weight is 327 g/mol. The van der Waals surface area contributed by atoms with E-state index >= 15 is 0 Å². The highest BCUT2D eigenvalue weighted by Crippen LogP contribution is 2.31. The molecule has 0 radical (unpaired) electrons. The van der Waals surface area contributed by atoms with Crippen LogP contribution in [-0.2, 0) is 22.7 Å². The molecule has 1 aliphatic carbocycles. The van der Waals surface area contributed by atoms with Gasteiger partial charge in [-0.1, -0.05) is 24.3 Å². The Morgan fingerprint density at radius 2 is 1.88 bits per heavy atom. The highest BCUT2D eigenvalue weighted by Gasteiger charge is 2.33. The van der Waals surface area contributed by atoms with Gasteiger partial charge in [-0.2, -0.15) is 5.10 Å². The van der Waals surface area contributed by atoms with E-state index in [1.807, 2.05) is 41.2 Å². The quantitative estimate of drug-likeness (QED) is 0.850. The van der Waals surface area contributed by atoms with E-state index in [4.69, 9.17) is 5.11 Å². The van der Waals surface area contributed by atoms with Crippen molar-refractivity contribution in [2.45, 2.75) is 32.4 Å². The standard InChI is InChI=1S/C18H21N3O3/c22-17(15-6-7-16(10-15)18(23)24)19-11-13-2-4-14(5-3-13)12-21-9-1-8-20-21/h1-5,8-9,15-16H,6-7,10-12H2,(H,19,22)(H,23,24)/t15-,16+/m0/s1. The minimum Gasteiger partial charge on any atom is -0.481 e. The third-order valence-electron chi connectivity index (χ3n) is 4.55. The summed E-state index contributed by atoms with van der Waals surface area (Å²) in [5.74, 6) is -1.38. The number of amides is 1. The zero-order valence-corrected chi connectivity index (χ0v) is 13.4. The van der Waals surface area contributed by atoms with Crippen molar-refractivity contribution in [3.63, 3.8) is 0 Å². The molecule has 2 N–H and O–H groups in total. The van der Waals surface area contributed by atoms with E-state index in [0.717, 1.165) is 17.7 Å². The van der Waals surface area contributed by atoms with E-state index in [1.54, 1.807) is 6.20 Å². The van der Waals surface area contributed by atoms with Crippen LogP contribution < -0.4 is 5.32 Å². The molecule has 1 aliphatic rings. The van der Waals surface area contributed by atoms with Crippen LogP contribution in [0, 0.1) is 11.8 Å². The number of aliphatic carboxylic acids is 1. The first-order valence-corrected chi connectivity index (χ1v) is 8.17. The molecule has 1 fully saturated rings. The molecule has 1 heterocycles. The Balaban J connectivity index is 1.48. The van der Waals surface area contributed by atoms with Gasteiger partial charge in [0, 0.05) is 24.9 Å². The Bertz CT molecular complexity index is 695. The van der Waals surface area contributed by atoms with Crippen LogP contribution in [-0.4, -0.2) is 26.8 Å². The molecule has 1 amide bonds. The maximum absolute atomic E-state index is 12.1. The van der Waals surface area contributed by atoms with Crippen molar-refractivity contribution >= 4 is 11.9 Å². The molecule has 0 saturated heterocycles. The molecular formula is C18H21N3O3. The van der Waals surface area contributed by atoms with E-state index in [9.17, 15) is 9.59 Å². The second-order valence-electron chi connectivity index (χ2n) is 6.28. The first kappa shape index (κ1) is 16.2. The Labute approximate surface area is 140 Å². The van der Waals surface area contributed by atoms with Crippen LogP contribution in [0.2, 0.25) is 0 Å². The highest BCUT2D eigenvalue weighted by atomic mass is 16.4. The molecule has 1 aromatic carbocycles. The second kappa shape index (κ2) is 7.29. The van der Waals surface area contributed by atoms with Gasteiger partial charge >= 0.3 is 5.97 Å². The van der Waals surface area contributed by atoms with Gasteiger partial charge in [0.15, 0.2) is 0 Å². The van der Waals surface area contributed by atoms with Crippen molar-refractivity contribution in [1.82, 2.24) is 15.1 Å². The lowest BCUT2D eigenvalue weighted by atomic mass is 10.0. The summed E-state index contributed by atoms with van der Waals surface area (Å²) in [5.41, 5.74) is 2.18. The third-order valence-corrected chi connectivity index (χ3v) is 4.55. The number of hydrogen-bond acceptors (Lipinski definition) is 3. The minimum atomic E-state index is -0.793. The predicted octanol–water partition coefficient (Wildman–Crippen LogP) is 2.05. The maximum atomic E-state index is 12.1. The predicted molar refractivity (Wildman–Crippen MR) is 88.1 cm³/mol. The zero-order chi connectivity index (χ0) is 16.9. The normalized spacial score (nSPS) is 20.0. The van der Waals surface area contributed by atoms with Crippen LogP contribution in [0.25, 0.3) is 0 Å². The van der Waals surface area contributed by atoms with Gasteiger partial charge in [-0.05, 0) is 36.5 Å². The lowest BCUT2D eigenvalue weighted by Crippen LogP contribution is -2.29. The van der Waals surface area contributed by atoms with Crippen LogP contribution in [0.15, 0.2) is 42.7 Å². The molecule has 6 nitrogen and oxygen atoms in total. The zero-order valence-electron chi connectivity index (χ0n) is 13.4. The fourth-order valence-corrected chi connectivity index (χ4v) is 3.12. The van der Waals surface area contributed by atoms with E-state index in [0.29, 0.717) is 25.8 Å². The Kier molecular flexibility index (Phi) is 4.93. The summed E-state index contributed by atoms with van der Waals surface area (Å²) in [6.45, 7) is 1.19. The molecule has 0 unspecified atom stereocenters. The lowest BCUT2D eigenvalue weighted by molar-refractivity contribution is -0.141. The molecule has 1 saturated carbocycles. The van der Waals surface area contributed by atoms with E-state index in [2.05, 4.69) is 10.4 Å². The number of carbonyl (C=O) groups excluding carboxylic acids is 1. The number of nitrogens with zero attached hydrogens (tertiary/aromatic N) is 2. The number of nitrogens with one attached hydrogen (secondary N) is 1. The molecule has 6 heteroatoms. The molecule has 2 atom stereocenters. The number of rotatable bonds is 6. The number of benzene rings is 1. The Morgan fingerprint density at radius 1 is 1.17 bits per heavy atom. The van der Waals surface area contributed by atoms with E-state index < -0.39 is 5.97 Å². The third kappa shape index (κ3) is 4.01. The van der Waals surface area contributed by atoms with Crippen molar-refractivity contribution < 1.29 is 14.7 Å². The summed E-state index contributed by atoms with van der Waals surface area (Å²) in [6, 6.07) is 9.93. The molecule has 2 aromatic rings. The van der Waals surface area contributed by atoms with Crippen molar-refractivity contribution in [2.24, 2.45) is 11.8 Å². The molecular weight excluding hydrogens is 306 g/mol. The SMILES string of the molecule is O=C(O)[C@@H]1CC[C@H](C(=O)NCc2ccc(Cn3cccn3)cc2)C1. The van der Waals surface area contributed by atoms with Crippen molar-refractivity contribution in [1.29, 1.82) is 0 Å². The number of carboxylic acid groups (broad SMARTS) is 1. The van der Waals surface area contributed by atoms with Gasteiger partial charge in [0.05, 0.1) is 12.5 Å². The first-order valence-electron chi connectivity index (χ1n) is 8.17. The monoisotopic (exact) mass is 327 g/mol. The molecule has 3 rings (SSSR count). The van der Waals surface area contributed by atoms with Crippen LogP contribution >= 0.6 is 0 Å². The van der Waals surface area contributed by atoms with Crippen LogP contribution in [0.4, 0.5) is 0 Å². The van der Waals surface area contributed by atoms with Crippen LogP contribution in [0.5, 0.6) is 0 Å². The van der Waals surface area contributed by atoms with E-state index in [-0.39, 0.29) is 17.7 Å². The van der Waals surface area contributed by atoms with Gasteiger partial charge in [0.25, 0.3) is 0 Å². The number of aromatic nitrogens is 2. The number of carboxylic acids is 1. The molecule has 1 aromatic heterocycles. The smallest absolute Gasteiger partial charge is 0.306 e. The summed E-state index contributed by atoms with van der Waals surface area (Å²) in [4.78, 5) is 23.1. The van der Waals surface area contributed by atoms with E-state index in [1.165, 1.54) is 0 Å². The summed E-state index contributed by atoms with van der Waals surface area (Å²) in [7, 11) is 0. The van der Waals surface area contributed by atoms with Crippen LogP contribution in [0.3, 0.4) is 0 Å². The summed E-state index contributed by atoms with van der Waals surface area (Å²) in [6.07, 6.45) is 5.37. The number of hydrogen-bond donors (Lipinski definition) is 2. The molecule has 126 valence electrons. The van der Waals surface area contributed by atoms with Crippen LogP contribution in [0.1, 0.15) is 30.4 Å². The largest absolute Gasteiger partial charge is 0.481 e. The fourth-order valence-electron chi connectivity index (χ4n) is 3.12. The van der Waals surface area contributed by atoms with Crippen molar-refractivity contribution in [3.8, 4) is 0 Å². The molecule has 0 bridgehead atoms. The second-order valence-corrected chi connectivity index (χ2v) is 6.28. The first-order chi connectivity index (χ1) is 11.6. The summed E-state index contributed by atoms with van der Waals surface area (Å²) < 4.78 is 1.86. The Morgan fingerprint density at radius 3 is 2.50 bits per heavy atom. The van der Waals surface area contributed by atoms with Gasteiger partial charge < -0.3 is 10.4 Å². The maximum Gasteiger partial charge on any atom is 0.306 e. The highest BCUT2D eigenvalue weighted by molar-refractivity contribution is 5.80.